The van der Waals surface area contributed by atoms with Crippen molar-refractivity contribution in [3.63, 3.8) is 0 Å². The lowest BCUT2D eigenvalue weighted by atomic mass is 10.3. The highest BCUT2D eigenvalue weighted by Crippen LogP contribution is 1.92. The van der Waals surface area contributed by atoms with Crippen LogP contribution in [0.2, 0.25) is 0 Å². The number of hydrogen-bond acceptors (Lipinski definition) is 4. The molecule has 0 aliphatic rings. The van der Waals surface area contributed by atoms with Crippen molar-refractivity contribution in [2.45, 2.75) is 13.3 Å². The van der Waals surface area contributed by atoms with E-state index in [-0.39, 0.29) is 12.4 Å². The second-order valence-electron chi connectivity index (χ2n) is 2.61. The third kappa shape index (κ3) is 3.23. The molecule has 4 heteroatoms. The fourth-order valence-corrected chi connectivity index (χ4v) is 0.745. The number of ether oxygens (including phenoxy) is 1. The van der Waals surface area contributed by atoms with E-state index < -0.39 is 0 Å². The highest BCUT2D eigenvalue weighted by atomic mass is 16.5. The molecule has 0 saturated heterocycles. The highest BCUT2D eigenvalue weighted by molar-refractivity contribution is 5.72. The number of rotatable bonds is 1. The molecule has 0 atom stereocenters. The van der Waals surface area contributed by atoms with E-state index in [1.165, 1.54) is 7.11 Å². The topological polar surface area (TPSA) is 52.1 Å². The van der Waals surface area contributed by atoms with Crippen molar-refractivity contribution in [1.29, 1.82) is 0 Å². The largest absolute Gasteiger partial charge is 0.468 e. The van der Waals surface area contributed by atoms with Crippen LogP contribution in [0.5, 0.6) is 0 Å². The van der Waals surface area contributed by atoms with E-state index in [9.17, 15) is 4.79 Å². The number of aromatic nitrogens is 2. The Labute approximate surface area is 82.3 Å². The maximum Gasteiger partial charge on any atom is 0.317 e. The molecule has 0 amide bonds. The standard InChI is InChI=1S/C10H10N2O2/c1-8-6-7-9(12-11-8)4-3-5-10(13)14-2/h6-7H,5H2,1-2H3. The van der Waals surface area contributed by atoms with E-state index >= 15 is 0 Å². The van der Waals surface area contributed by atoms with Gasteiger partial charge in [0, 0.05) is 0 Å². The van der Waals surface area contributed by atoms with Gasteiger partial charge in [0.15, 0.2) is 0 Å². The van der Waals surface area contributed by atoms with Crippen molar-refractivity contribution in [1.82, 2.24) is 10.2 Å². The SMILES string of the molecule is COC(=O)CC#Cc1ccc(C)nn1. The summed E-state index contributed by atoms with van der Waals surface area (Å²) in [5, 5.41) is 7.65. The van der Waals surface area contributed by atoms with Crippen LogP contribution in [0, 0.1) is 18.8 Å². The summed E-state index contributed by atoms with van der Waals surface area (Å²) in [6, 6.07) is 3.57. The van der Waals surface area contributed by atoms with Crippen LogP contribution in [0.4, 0.5) is 0 Å². The number of esters is 1. The van der Waals surface area contributed by atoms with Crippen LogP contribution in [-0.2, 0) is 9.53 Å². The molecule has 1 rings (SSSR count). The summed E-state index contributed by atoms with van der Waals surface area (Å²) in [5.41, 5.74) is 1.39. The first-order chi connectivity index (χ1) is 6.72. The third-order valence-corrected chi connectivity index (χ3v) is 1.47. The van der Waals surface area contributed by atoms with Crippen molar-refractivity contribution in [3.8, 4) is 11.8 Å². The van der Waals surface area contributed by atoms with Gasteiger partial charge in [-0.25, -0.2) is 0 Å². The first-order valence-corrected chi connectivity index (χ1v) is 4.08. The molecule has 0 unspecified atom stereocenters. The average molecular weight is 190 g/mol. The fraction of sp³-hybridized carbons (Fsp3) is 0.300. The van der Waals surface area contributed by atoms with Gasteiger partial charge >= 0.3 is 5.97 Å². The van der Waals surface area contributed by atoms with Crippen molar-refractivity contribution in [3.05, 3.63) is 23.5 Å². The fourth-order valence-electron chi connectivity index (χ4n) is 0.745. The zero-order chi connectivity index (χ0) is 10.4. The van der Waals surface area contributed by atoms with E-state index in [0.717, 1.165) is 5.69 Å². The monoisotopic (exact) mass is 190 g/mol. The van der Waals surface area contributed by atoms with Gasteiger partial charge in [-0.05, 0) is 25.0 Å². The predicted octanol–water partition coefficient (Wildman–Crippen LogP) is 0.700. The highest BCUT2D eigenvalue weighted by Gasteiger charge is 1.94. The van der Waals surface area contributed by atoms with Gasteiger partial charge in [-0.1, -0.05) is 5.92 Å². The molecule has 1 aromatic heterocycles. The Morgan fingerprint density at radius 1 is 1.50 bits per heavy atom. The van der Waals surface area contributed by atoms with Crippen LogP contribution in [0.3, 0.4) is 0 Å². The normalized spacial score (nSPS) is 8.71. The maximum absolute atomic E-state index is 10.7. The Morgan fingerprint density at radius 2 is 2.29 bits per heavy atom. The summed E-state index contributed by atoms with van der Waals surface area (Å²) < 4.78 is 4.43. The smallest absolute Gasteiger partial charge is 0.317 e. The molecule has 4 nitrogen and oxygen atoms in total. The van der Waals surface area contributed by atoms with Crippen LogP contribution in [0.15, 0.2) is 12.1 Å². The molecule has 0 bridgehead atoms. The number of aryl methyl sites for hydroxylation is 1. The molecule has 72 valence electrons. The van der Waals surface area contributed by atoms with Crippen LogP contribution in [0.25, 0.3) is 0 Å². The van der Waals surface area contributed by atoms with E-state index in [0.29, 0.717) is 5.69 Å². The minimum atomic E-state index is -0.349. The second kappa shape index (κ2) is 4.97. The van der Waals surface area contributed by atoms with Gasteiger partial charge in [0.05, 0.1) is 12.8 Å². The Hall–Kier alpha value is -1.89. The number of nitrogens with zero attached hydrogens (tertiary/aromatic N) is 2. The minimum absolute atomic E-state index is 0.0755. The lowest BCUT2D eigenvalue weighted by molar-refractivity contribution is -0.139. The molecule has 0 radical (unpaired) electrons. The molecule has 1 aromatic rings. The Kier molecular flexibility index (Phi) is 3.62. The summed E-state index contributed by atoms with van der Waals surface area (Å²) in [6.45, 7) is 1.85. The van der Waals surface area contributed by atoms with Gasteiger partial charge in [-0.2, -0.15) is 5.10 Å². The van der Waals surface area contributed by atoms with E-state index in [1.54, 1.807) is 6.07 Å². The van der Waals surface area contributed by atoms with Gasteiger partial charge in [-0.15, -0.1) is 5.10 Å². The molecule has 0 aliphatic carbocycles. The molecule has 0 fully saturated rings. The molecule has 1 heterocycles. The number of hydrogen-bond donors (Lipinski definition) is 0. The van der Waals surface area contributed by atoms with Crippen molar-refractivity contribution in [2.24, 2.45) is 0 Å². The Morgan fingerprint density at radius 3 is 2.86 bits per heavy atom. The molecular weight excluding hydrogens is 180 g/mol. The van der Waals surface area contributed by atoms with E-state index in [4.69, 9.17) is 0 Å². The zero-order valence-corrected chi connectivity index (χ0v) is 8.07. The van der Waals surface area contributed by atoms with Crippen LogP contribution < -0.4 is 0 Å². The molecule has 14 heavy (non-hydrogen) atoms. The minimum Gasteiger partial charge on any atom is -0.468 e. The van der Waals surface area contributed by atoms with Crippen LogP contribution in [0.1, 0.15) is 17.8 Å². The average Bonchev–Trinajstić information content (AvgIpc) is 2.21. The quantitative estimate of drug-likeness (QED) is 0.483. The van der Waals surface area contributed by atoms with E-state index in [2.05, 4.69) is 26.8 Å². The lowest BCUT2D eigenvalue weighted by Crippen LogP contribution is -1.97. The number of methoxy groups -OCH3 is 1. The molecule has 0 spiro atoms. The summed E-state index contributed by atoms with van der Waals surface area (Å²) in [5.74, 6) is 5.01. The van der Waals surface area contributed by atoms with Crippen molar-refractivity contribution in [2.75, 3.05) is 7.11 Å². The van der Waals surface area contributed by atoms with Gasteiger partial charge in [0.25, 0.3) is 0 Å². The number of carbonyl (C=O) groups excluding carboxylic acids is 1. The number of carbonyl (C=O) groups is 1. The maximum atomic E-state index is 10.7. The van der Waals surface area contributed by atoms with Gasteiger partial charge in [0.2, 0.25) is 0 Å². The summed E-state index contributed by atoms with van der Waals surface area (Å²) in [7, 11) is 1.33. The summed E-state index contributed by atoms with van der Waals surface area (Å²) in [4.78, 5) is 10.7. The van der Waals surface area contributed by atoms with Gasteiger partial charge in [0.1, 0.15) is 12.1 Å². The molecule has 0 aliphatic heterocycles. The second-order valence-corrected chi connectivity index (χ2v) is 2.61. The molecule has 0 N–H and O–H groups in total. The first-order valence-electron chi connectivity index (χ1n) is 4.08. The zero-order valence-electron chi connectivity index (χ0n) is 8.07. The molecule has 0 saturated carbocycles. The third-order valence-electron chi connectivity index (χ3n) is 1.47. The van der Waals surface area contributed by atoms with Crippen LogP contribution in [-0.4, -0.2) is 23.3 Å². The van der Waals surface area contributed by atoms with Gasteiger partial charge in [-0.3, -0.25) is 4.79 Å². The van der Waals surface area contributed by atoms with Gasteiger partial charge < -0.3 is 4.74 Å². The van der Waals surface area contributed by atoms with Crippen molar-refractivity contribution >= 4 is 5.97 Å². The van der Waals surface area contributed by atoms with Crippen LogP contribution >= 0.6 is 0 Å². The summed E-state index contributed by atoms with van der Waals surface area (Å²) >= 11 is 0. The Bertz CT molecular complexity index is 373. The lowest BCUT2D eigenvalue weighted by Gasteiger charge is -1.90. The molecule has 0 aromatic carbocycles. The van der Waals surface area contributed by atoms with Crippen molar-refractivity contribution < 1.29 is 9.53 Å². The molecular formula is C10H10N2O2. The summed E-state index contributed by atoms with van der Waals surface area (Å²) in [6.07, 6.45) is 0.0755. The predicted molar refractivity (Wildman–Crippen MR) is 50.3 cm³/mol. The van der Waals surface area contributed by atoms with E-state index in [1.807, 2.05) is 13.0 Å². The Balaban J connectivity index is 2.59. The first kappa shape index (κ1) is 10.2.